The first-order valence-corrected chi connectivity index (χ1v) is 10.8. The van der Waals surface area contributed by atoms with Crippen LogP contribution in [-0.2, 0) is 28.6 Å². The number of carbonyl (C=O) groups excluding carboxylic acids is 3. The molecular weight excluding hydrogens is 404 g/mol. The summed E-state index contributed by atoms with van der Waals surface area (Å²) in [5.74, 6) is -2.66. The van der Waals surface area contributed by atoms with E-state index in [2.05, 4.69) is 0 Å². The number of rotatable bonds is 3. The molecule has 1 aromatic rings. The van der Waals surface area contributed by atoms with E-state index in [1.807, 2.05) is 13.8 Å². The van der Waals surface area contributed by atoms with Gasteiger partial charge in [-0.15, -0.1) is 0 Å². The summed E-state index contributed by atoms with van der Waals surface area (Å²) >= 11 is 0. The van der Waals surface area contributed by atoms with Crippen molar-refractivity contribution < 1.29 is 38.1 Å². The first kappa shape index (κ1) is 21.9. The average molecular weight is 434 g/mol. The number of hydrogen-bond acceptors (Lipinski definition) is 8. The van der Waals surface area contributed by atoms with Crippen molar-refractivity contribution in [1.29, 1.82) is 0 Å². The van der Waals surface area contributed by atoms with Crippen LogP contribution < -0.4 is 0 Å². The average Bonchev–Trinajstić information content (AvgIpc) is 3.23. The topological polar surface area (TPSA) is 112 Å². The van der Waals surface area contributed by atoms with Crippen molar-refractivity contribution in [3.05, 3.63) is 24.2 Å². The van der Waals surface area contributed by atoms with Crippen LogP contribution in [0.3, 0.4) is 0 Å². The van der Waals surface area contributed by atoms with Gasteiger partial charge >= 0.3 is 17.9 Å². The fraction of sp³-hybridized carbons (Fsp3) is 0.696. The molecule has 8 atom stereocenters. The fourth-order valence-corrected chi connectivity index (χ4v) is 6.74. The van der Waals surface area contributed by atoms with Crippen molar-refractivity contribution >= 4 is 17.9 Å². The minimum atomic E-state index is -1.02. The first-order valence-electron chi connectivity index (χ1n) is 10.8. The number of esters is 3. The molecule has 8 nitrogen and oxygen atoms in total. The molecule has 8 heteroatoms. The molecule has 1 aromatic heterocycles. The van der Waals surface area contributed by atoms with Crippen molar-refractivity contribution in [3.8, 4) is 0 Å². The normalized spacial score (nSPS) is 42.0. The predicted octanol–water partition coefficient (Wildman–Crippen LogP) is 2.79. The highest BCUT2D eigenvalue weighted by atomic mass is 16.6. The van der Waals surface area contributed by atoms with E-state index in [0.29, 0.717) is 19.3 Å². The number of furan rings is 1. The number of cyclic esters (lactones) is 1. The maximum atomic E-state index is 13.0. The number of ether oxygens (including phenoxy) is 3. The molecule has 31 heavy (non-hydrogen) atoms. The van der Waals surface area contributed by atoms with E-state index in [9.17, 15) is 19.5 Å². The van der Waals surface area contributed by atoms with Crippen LogP contribution in [0, 0.1) is 28.6 Å². The third kappa shape index (κ3) is 3.35. The quantitative estimate of drug-likeness (QED) is 0.571. The van der Waals surface area contributed by atoms with Crippen LogP contribution in [-0.4, -0.2) is 42.3 Å². The van der Waals surface area contributed by atoms with Crippen LogP contribution in [0.4, 0.5) is 0 Å². The van der Waals surface area contributed by atoms with Crippen LogP contribution in [0.1, 0.15) is 58.1 Å². The second kappa shape index (κ2) is 7.65. The Labute approximate surface area is 181 Å². The van der Waals surface area contributed by atoms with Gasteiger partial charge in [0.25, 0.3) is 0 Å². The van der Waals surface area contributed by atoms with Gasteiger partial charge in [-0.3, -0.25) is 14.4 Å². The Morgan fingerprint density at radius 3 is 2.61 bits per heavy atom. The first-order chi connectivity index (χ1) is 14.6. The van der Waals surface area contributed by atoms with Gasteiger partial charge in [-0.25, -0.2) is 0 Å². The number of hydrogen-bond donors (Lipinski definition) is 1. The van der Waals surface area contributed by atoms with Gasteiger partial charge in [0.1, 0.15) is 12.2 Å². The van der Waals surface area contributed by atoms with Gasteiger partial charge < -0.3 is 23.7 Å². The number of fused-ring (bicyclic) bond motifs is 3. The molecule has 3 unspecified atom stereocenters. The monoisotopic (exact) mass is 434 g/mol. The molecule has 2 aliphatic carbocycles. The smallest absolute Gasteiger partial charge is 0.310 e. The lowest BCUT2D eigenvalue weighted by Crippen LogP contribution is -2.66. The van der Waals surface area contributed by atoms with Crippen molar-refractivity contribution in [1.82, 2.24) is 0 Å². The lowest BCUT2D eigenvalue weighted by Gasteiger charge is -2.63. The highest BCUT2D eigenvalue weighted by Gasteiger charge is 2.67. The van der Waals surface area contributed by atoms with Gasteiger partial charge in [0.05, 0.1) is 37.6 Å². The Hall–Kier alpha value is -2.35. The summed E-state index contributed by atoms with van der Waals surface area (Å²) in [5.41, 5.74) is -0.534. The summed E-state index contributed by atoms with van der Waals surface area (Å²) < 4.78 is 21.5. The van der Waals surface area contributed by atoms with Gasteiger partial charge in [0.2, 0.25) is 0 Å². The second-order valence-electron chi connectivity index (χ2n) is 9.72. The Morgan fingerprint density at radius 2 is 2.00 bits per heavy atom. The standard InChI is InChI=1S/C23H30O8/c1-12(24)30-16-9-15(20(26)28-4)22(2)7-5-14-21(27)31-17(13-6-8-29-11-13)10-23(14,3)19(22)18(16)25/h6,8,11,14-19,25H,5,7,9-10H2,1-4H3/t14-,15?,16-,17-,18?,19?,22-,23-/m0/s1. The maximum absolute atomic E-state index is 13.0. The third-order valence-corrected chi connectivity index (χ3v) is 8.06. The predicted molar refractivity (Wildman–Crippen MR) is 106 cm³/mol. The summed E-state index contributed by atoms with van der Waals surface area (Å²) in [5, 5.41) is 11.5. The number of aliphatic hydroxyl groups is 1. The molecule has 0 bridgehead atoms. The minimum Gasteiger partial charge on any atom is -0.472 e. The molecule has 2 heterocycles. The molecular formula is C23H30O8. The molecule has 0 amide bonds. The van der Waals surface area contributed by atoms with E-state index in [1.165, 1.54) is 20.3 Å². The van der Waals surface area contributed by atoms with E-state index in [1.54, 1.807) is 12.3 Å². The molecule has 0 aromatic carbocycles. The van der Waals surface area contributed by atoms with Gasteiger partial charge in [-0.1, -0.05) is 13.8 Å². The summed E-state index contributed by atoms with van der Waals surface area (Å²) in [6, 6.07) is 1.76. The summed E-state index contributed by atoms with van der Waals surface area (Å²) in [6.07, 6.45) is 2.50. The van der Waals surface area contributed by atoms with Crippen LogP contribution in [0.25, 0.3) is 0 Å². The van der Waals surface area contributed by atoms with Crippen molar-refractivity contribution in [2.45, 2.75) is 64.8 Å². The summed E-state index contributed by atoms with van der Waals surface area (Å²) in [4.78, 5) is 37.6. The Bertz CT molecular complexity index is 863. The van der Waals surface area contributed by atoms with Crippen LogP contribution >= 0.6 is 0 Å². The highest BCUT2D eigenvalue weighted by Crippen LogP contribution is 2.66. The van der Waals surface area contributed by atoms with Gasteiger partial charge in [-0.2, -0.15) is 0 Å². The maximum Gasteiger partial charge on any atom is 0.310 e. The molecule has 3 fully saturated rings. The molecule has 0 spiro atoms. The van der Waals surface area contributed by atoms with E-state index < -0.39 is 52.9 Å². The van der Waals surface area contributed by atoms with E-state index in [0.717, 1.165) is 5.56 Å². The van der Waals surface area contributed by atoms with Gasteiger partial charge in [0, 0.05) is 24.8 Å². The van der Waals surface area contributed by atoms with E-state index >= 15 is 0 Å². The molecule has 1 N–H and O–H groups in total. The van der Waals surface area contributed by atoms with Crippen molar-refractivity contribution in [3.63, 3.8) is 0 Å². The molecule has 3 aliphatic rings. The van der Waals surface area contributed by atoms with Crippen LogP contribution in [0.5, 0.6) is 0 Å². The molecule has 1 aliphatic heterocycles. The zero-order valence-electron chi connectivity index (χ0n) is 18.3. The fourth-order valence-electron chi connectivity index (χ4n) is 6.74. The minimum absolute atomic E-state index is 0.191. The lowest BCUT2D eigenvalue weighted by molar-refractivity contribution is -0.240. The second-order valence-corrected chi connectivity index (χ2v) is 9.72. The van der Waals surface area contributed by atoms with Gasteiger partial charge in [-0.05, 0) is 36.2 Å². The largest absolute Gasteiger partial charge is 0.472 e. The highest BCUT2D eigenvalue weighted by molar-refractivity contribution is 5.76. The molecule has 1 saturated heterocycles. The molecule has 2 saturated carbocycles. The van der Waals surface area contributed by atoms with E-state index in [-0.39, 0.29) is 18.4 Å². The van der Waals surface area contributed by atoms with Crippen molar-refractivity contribution in [2.24, 2.45) is 28.6 Å². The SMILES string of the molecule is COC(=O)C1C[C@H](OC(C)=O)C(O)C2[C@@]1(C)CC[C@H]1C(=O)O[C@H](c3ccoc3)C[C@]21C. The lowest BCUT2D eigenvalue weighted by atomic mass is 9.42. The molecule has 170 valence electrons. The summed E-state index contributed by atoms with van der Waals surface area (Å²) in [6.45, 7) is 5.26. The van der Waals surface area contributed by atoms with Crippen molar-refractivity contribution in [2.75, 3.05) is 7.11 Å². The van der Waals surface area contributed by atoms with Crippen LogP contribution in [0.2, 0.25) is 0 Å². The molecule has 0 radical (unpaired) electrons. The Balaban J connectivity index is 1.78. The zero-order valence-corrected chi connectivity index (χ0v) is 18.3. The Kier molecular flexibility index (Phi) is 5.40. The van der Waals surface area contributed by atoms with E-state index in [4.69, 9.17) is 18.6 Å². The number of carbonyl (C=O) groups is 3. The molecule has 4 rings (SSSR count). The third-order valence-electron chi connectivity index (χ3n) is 8.06. The zero-order chi connectivity index (χ0) is 22.6. The van der Waals surface area contributed by atoms with Gasteiger partial charge in [0.15, 0.2) is 0 Å². The number of methoxy groups -OCH3 is 1. The Morgan fingerprint density at radius 1 is 1.26 bits per heavy atom. The van der Waals surface area contributed by atoms with Crippen LogP contribution in [0.15, 0.2) is 23.0 Å². The number of aliphatic hydroxyl groups excluding tert-OH is 1. The summed E-state index contributed by atoms with van der Waals surface area (Å²) in [7, 11) is 1.34.